The minimum atomic E-state index is -3.43. The molecule has 22 heavy (non-hydrogen) atoms. The lowest BCUT2D eigenvalue weighted by molar-refractivity contribution is 0.100. The summed E-state index contributed by atoms with van der Waals surface area (Å²) in [5.74, 6) is -0.294. The maximum atomic E-state index is 12.4. The number of sulfone groups is 1. The lowest BCUT2D eigenvalue weighted by atomic mass is 9.89. The predicted molar refractivity (Wildman–Crippen MR) is 90.7 cm³/mol. The molecule has 0 aliphatic rings. The zero-order valence-corrected chi connectivity index (χ0v) is 14.7. The Kier molecular flexibility index (Phi) is 6.48. The highest BCUT2D eigenvalue weighted by Gasteiger charge is 2.26. The Balaban J connectivity index is 3.74. The van der Waals surface area contributed by atoms with E-state index in [9.17, 15) is 13.2 Å². The number of amides is 1. The van der Waals surface area contributed by atoms with Crippen LogP contribution in [-0.2, 0) is 16.3 Å². The summed E-state index contributed by atoms with van der Waals surface area (Å²) in [6.45, 7) is 9.26. The van der Waals surface area contributed by atoms with Crippen LogP contribution in [0.15, 0.2) is 22.0 Å². The van der Waals surface area contributed by atoms with Gasteiger partial charge in [-0.3, -0.25) is 4.79 Å². The van der Waals surface area contributed by atoms with Crippen LogP contribution in [0.2, 0.25) is 0 Å². The summed E-state index contributed by atoms with van der Waals surface area (Å²) in [6, 6.07) is 3.47. The molecule has 0 heterocycles. The highest BCUT2D eigenvalue weighted by molar-refractivity contribution is 7.90. The molecular formula is C17H25NO3S. The zero-order chi connectivity index (χ0) is 16.9. The fourth-order valence-electron chi connectivity index (χ4n) is 2.97. The molecule has 122 valence electrons. The molecule has 1 aromatic carbocycles. The lowest BCUT2D eigenvalue weighted by Gasteiger charge is -2.21. The van der Waals surface area contributed by atoms with Crippen molar-refractivity contribution in [2.24, 2.45) is 4.99 Å². The maximum absolute atomic E-state index is 12.4. The average molecular weight is 323 g/mol. The summed E-state index contributed by atoms with van der Waals surface area (Å²) in [4.78, 5) is 15.7. The summed E-state index contributed by atoms with van der Waals surface area (Å²) in [5, 5.41) is 0. The molecule has 0 saturated carbocycles. The van der Waals surface area contributed by atoms with Crippen LogP contribution in [-0.4, -0.2) is 27.3 Å². The fourth-order valence-corrected chi connectivity index (χ4v) is 4.33. The molecule has 1 rings (SSSR count). The third-order valence-electron chi connectivity index (χ3n) is 3.96. The lowest BCUT2D eigenvalue weighted by Crippen LogP contribution is -2.14. The van der Waals surface area contributed by atoms with Gasteiger partial charge >= 0.3 is 0 Å². The number of hydrogen-bond acceptors (Lipinski definition) is 3. The molecule has 0 fully saturated rings. The van der Waals surface area contributed by atoms with Gasteiger partial charge in [-0.05, 0) is 49.1 Å². The number of carbonyl (C=O) groups is 1. The Labute approximate surface area is 133 Å². The van der Waals surface area contributed by atoms with Crippen molar-refractivity contribution in [3.63, 3.8) is 0 Å². The van der Waals surface area contributed by atoms with Gasteiger partial charge in [0.05, 0.1) is 4.90 Å². The summed E-state index contributed by atoms with van der Waals surface area (Å²) >= 11 is 0. The SMILES string of the molecule is C=NC(=O)c1ccc(C(CC)CCC)c(S(C)(=O)=O)c1CC. The van der Waals surface area contributed by atoms with Gasteiger partial charge in [0, 0.05) is 11.8 Å². The number of hydrogen-bond donors (Lipinski definition) is 0. The van der Waals surface area contributed by atoms with Crippen molar-refractivity contribution >= 4 is 22.5 Å². The second kappa shape index (κ2) is 7.68. The van der Waals surface area contributed by atoms with E-state index in [1.165, 1.54) is 6.26 Å². The molecule has 4 nitrogen and oxygen atoms in total. The Morgan fingerprint density at radius 1 is 1.27 bits per heavy atom. The normalized spacial score (nSPS) is 12.9. The van der Waals surface area contributed by atoms with E-state index in [4.69, 9.17) is 0 Å². The van der Waals surface area contributed by atoms with Crippen molar-refractivity contribution in [2.75, 3.05) is 6.26 Å². The Bertz CT molecular complexity index is 663. The summed E-state index contributed by atoms with van der Waals surface area (Å²) < 4.78 is 24.7. The third kappa shape index (κ3) is 3.83. The second-order valence-corrected chi connectivity index (χ2v) is 7.45. The van der Waals surface area contributed by atoms with E-state index < -0.39 is 15.7 Å². The van der Waals surface area contributed by atoms with Crippen molar-refractivity contribution in [3.8, 4) is 0 Å². The van der Waals surface area contributed by atoms with Crippen LogP contribution in [0.1, 0.15) is 67.4 Å². The molecule has 0 spiro atoms. The van der Waals surface area contributed by atoms with E-state index in [1.807, 2.05) is 6.92 Å². The Hall–Kier alpha value is -1.49. The molecule has 1 atom stereocenters. The first-order valence-electron chi connectivity index (χ1n) is 7.68. The smallest absolute Gasteiger partial charge is 0.267 e. The summed E-state index contributed by atoms with van der Waals surface area (Å²) in [5.41, 5.74) is 1.73. The van der Waals surface area contributed by atoms with Crippen molar-refractivity contribution < 1.29 is 13.2 Å². The van der Waals surface area contributed by atoms with E-state index in [-0.39, 0.29) is 5.92 Å². The van der Waals surface area contributed by atoms with Gasteiger partial charge in [-0.25, -0.2) is 13.4 Å². The van der Waals surface area contributed by atoms with Crippen molar-refractivity contribution in [3.05, 3.63) is 28.8 Å². The van der Waals surface area contributed by atoms with Gasteiger partial charge in [0.1, 0.15) is 0 Å². The zero-order valence-electron chi connectivity index (χ0n) is 13.8. The van der Waals surface area contributed by atoms with Crippen molar-refractivity contribution in [2.45, 2.75) is 57.3 Å². The summed E-state index contributed by atoms with van der Waals surface area (Å²) in [7, 11) is -3.43. The molecule has 1 unspecified atom stereocenters. The number of benzene rings is 1. The van der Waals surface area contributed by atoms with Crippen LogP contribution in [0.25, 0.3) is 0 Å². The molecule has 0 N–H and O–H groups in total. The van der Waals surface area contributed by atoms with Gasteiger partial charge < -0.3 is 0 Å². The number of nitrogens with zero attached hydrogens (tertiary/aromatic N) is 1. The van der Waals surface area contributed by atoms with Crippen LogP contribution in [0.3, 0.4) is 0 Å². The topological polar surface area (TPSA) is 63.6 Å². The molecule has 0 aromatic heterocycles. The van der Waals surface area contributed by atoms with Crippen LogP contribution < -0.4 is 0 Å². The van der Waals surface area contributed by atoms with E-state index in [2.05, 4.69) is 25.6 Å². The van der Waals surface area contributed by atoms with Gasteiger partial charge in [-0.2, -0.15) is 0 Å². The molecule has 1 aromatic rings. The van der Waals surface area contributed by atoms with Gasteiger partial charge in [0.2, 0.25) is 0 Å². The highest BCUT2D eigenvalue weighted by atomic mass is 32.2. The Morgan fingerprint density at radius 2 is 1.91 bits per heavy atom. The molecule has 0 aliphatic heterocycles. The first kappa shape index (κ1) is 18.6. The molecule has 0 aliphatic carbocycles. The molecule has 0 bridgehead atoms. The van der Waals surface area contributed by atoms with Crippen LogP contribution in [0.5, 0.6) is 0 Å². The maximum Gasteiger partial charge on any atom is 0.276 e. The minimum absolute atomic E-state index is 0.181. The average Bonchev–Trinajstić information content (AvgIpc) is 2.49. The third-order valence-corrected chi connectivity index (χ3v) is 5.18. The van der Waals surface area contributed by atoms with Crippen LogP contribution >= 0.6 is 0 Å². The second-order valence-electron chi connectivity index (χ2n) is 5.49. The van der Waals surface area contributed by atoms with Gasteiger partial charge in [-0.15, -0.1) is 0 Å². The fraction of sp³-hybridized carbons (Fsp3) is 0.529. The van der Waals surface area contributed by atoms with Crippen LogP contribution in [0, 0.1) is 0 Å². The Morgan fingerprint density at radius 3 is 2.32 bits per heavy atom. The van der Waals surface area contributed by atoms with Gasteiger partial charge in [0.25, 0.3) is 5.91 Å². The quantitative estimate of drug-likeness (QED) is 0.717. The molecule has 0 radical (unpaired) electrons. The molecule has 0 saturated heterocycles. The largest absolute Gasteiger partial charge is 0.276 e. The highest BCUT2D eigenvalue weighted by Crippen LogP contribution is 2.34. The first-order chi connectivity index (χ1) is 10.3. The first-order valence-corrected chi connectivity index (χ1v) is 9.57. The predicted octanol–water partition coefficient (Wildman–Crippen LogP) is 3.79. The van der Waals surface area contributed by atoms with E-state index >= 15 is 0 Å². The van der Waals surface area contributed by atoms with Crippen molar-refractivity contribution in [1.82, 2.24) is 0 Å². The van der Waals surface area contributed by atoms with E-state index in [0.29, 0.717) is 22.4 Å². The summed E-state index contributed by atoms with van der Waals surface area (Å²) in [6.07, 6.45) is 4.45. The van der Waals surface area contributed by atoms with E-state index in [0.717, 1.165) is 24.8 Å². The van der Waals surface area contributed by atoms with Crippen molar-refractivity contribution in [1.29, 1.82) is 0 Å². The number of carbonyl (C=O) groups excluding carboxylic acids is 1. The monoisotopic (exact) mass is 323 g/mol. The molecular weight excluding hydrogens is 298 g/mol. The standard InChI is InChI=1S/C17H25NO3S/c1-6-9-12(7-2)14-10-11-15(17(19)18-4)13(8-3)16(14)22(5,20)21/h10-12H,4,6-9H2,1-3,5H3. The molecule has 1 amide bonds. The molecule has 5 heteroatoms. The van der Waals surface area contributed by atoms with E-state index in [1.54, 1.807) is 12.1 Å². The number of rotatable bonds is 7. The van der Waals surface area contributed by atoms with Crippen LogP contribution in [0.4, 0.5) is 0 Å². The van der Waals surface area contributed by atoms with Gasteiger partial charge in [-0.1, -0.05) is 33.3 Å². The number of aliphatic imine (C=N–C) groups is 1. The van der Waals surface area contributed by atoms with Gasteiger partial charge in [0.15, 0.2) is 9.84 Å². The minimum Gasteiger partial charge on any atom is -0.267 e.